The fourth-order valence-electron chi connectivity index (χ4n) is 2.93. The van der Waals surface area contributed by atoms with Gasteiger partial charge in [-0.3, -0.25) is 9.10 Å². The number of hydrogen-bond acceptors (Lipinski definition) is 5. The van der Waals surface area contributed by atoms with Crippen LogP contribution in [0.3, 0.4) is 0 Å². The molecule has 33 heavy (non-hydrogen) atoms. The number of amides is 1. The molecule has 0 unspecified atom stereocenters. The number of anilines is 1. The van der Waals surface area contributed by atoms with Crippen LogP contribution in [0, 0.1) is 6.92 Å². The second-order valence-corrected chi connectivity index (χ2v) is 9.32. The second kappa shape index (κ2) is 11.0. The summed E-state index contributed by atoms with van der Waals surface area (Å²) in [6, 6.07) is 19.9. The van der Waals surface area contributed by atoms with Crippen molar-refractivity contribution in [2.75, 3.05) is 17.5 Å². The first-order valence-electron chi connectivity index (χ1n) is 10.2. The van der Waals surface area contributed by atoms with E-state index in [4.69, 9.17) is 16.3 Å². The fourth-order valence-corrected chi connectivity index (χ4v) is 4.54. The normalized spacial score (nSPS) is 11.4. The number of carbonyl (C=O) groups excluding carboxylic acids is 1. The molecule has 172 valence electrons. The van der Waals surface area contributed by atoms with E-state index < -0.39 is 22.5 Å². The molecular weight excluding hydrogens is 462 g/mol. The number of nitrogens with zero attached hydrogens (tertiary/aromatic N) is 2. The average Bonchev–Trinajstić information content (AvgIpc) is 2.81. The first-order valence-corrected chi connectivity index (χ1v) is 12.0. The van der Waals surface area contributed by atoms with Crippen LogP contribution < -0.4 is 14.5 Å². The van der Waals surface area contributed by atoms with E-state index in [-0.39, 0.29) is 10.6 Å². The third-order valence-electron chi connectivity index (χ3n) is 4.66. The minimum atomic E-state index is -4.02. The molecule has 0 saturated heterocycles. The summed E-state index contributed by atoms with van der Waals surface area (Å²) < 4.78 is 33.0. The maximum absolute atomic E-state index is 13.3. The number of carbonyl (C=O) groups is 1. The summed E-state index contributed by atoms with van der Waals surface area (Å²) in [5, 5.41) is 4.34. The van der Waals surface area contributed by atoms with Gasteiger partial charge in [-0.05, 0) is 73.5 Å². The highest BCUT2D eigenvalue weighted by Crippen LogP contribution is 2.27. The predicted molar refractivity (Wildman–Crippen MR) is 131 cm³/mol. The Morgan fingerprint density at radius 1 is 1.09 bits per heavy atom. The maximum atomic E-state index is 13.3. The van der Waals surface area contributed by atoms with Crippen molar-refractivity contribution in [1.29, 1.82) is 0 Å². The van der Waals surface area contributed by atoms with Crippen LogP contribution in [0.25, 0.3) is 0 Å². The lowest BCUT2D eigenvalue weighted by Crippen LogP contribution is -2.39. The van der Waals surface area contributed by atoms with Crippen molar-refractivity contribution in [3.05, 3.63) is 88.9 Å². The van der Waals surface area contributed by atoms with Gasteiger partial charge in [0.2, 0.25) is 0 Å². The van der Waals surface area contributed by atoms with E-state index in [0.29, 0.717) is 11.6 Å². The van der Waals surface area contributed by atoms with Crippen LogP contribution in [-0.2, 0) is 14.8 Å². The summed E-state index contributed by atoms with van der Waals surface area (Å²) in [5.74, 6) is 0.130. The number of benzene rings is 3. The zero-order valence-corrected chi connectivity index (χ0v) is 19.8. The standard InChI is InChI=1S/C24H24ClN3O4S/c1-3-32-21-13-10-19(11-14-21)16-26-27-24(29)17-28(20-12-9-18(2)23(25)15-20)33(30,31)22-7-5-4-6-8-22/h4-16H,3,17H2,1-2H3,(H,27,29). The molecule has 0 aliphatic heterocycles. The van der Waals surface area contributed by atoms with Crippen LogP contribution >= 0.6 is 11.6 Å². The number of hydrazone groups is 1. The maximum Gasteiger partial charge on any atom is 0.264 e. The lowest BCUT2D eigenvalue weighted by atomic mass is 10.2. The molecule has 9 heteroatoms. The monoisotopic (exact) mass is 485 g/mol. The van der Waals surface area contributed by atoms with Gasteiger partial charge in [0.15, 0.2) is 0 Å². The van der Waals surface area contributed by atoms with E-state index >= 15 is 0 Å². The number of nitrogens with one attached hydrogen (secondary N) is 1. The molecule has 0 heterocycles. The van der Waals surface area contributed by atoms with Crippen molar-refractivity contribution >= 4 is 39.4 Å². The van der Waals surface area contributed by atoms with Gasteiger partial charge in [0.25, 0.3) is 15.9 Å². The minimum Gasteiger partial charge on any atom is -0.494 e. The molecule has 0 saturated carbocycles. The van der Waals surface area contributed by atoms with Gasteiger partial charge >= 0.3 is 0 Å². The van der Waals surface area contributed by atoms with Crippen LogP contribution in [0.1, 0.15) is 18.1 Å². The summed E-state index contributed by atoms with van der Waals surface area (Å²) in [6.07, 6.45) is 1.46. The summed E-state index contributed by atoms with van der Waals surface area (Å²) in [5.41, 5.74) is 4.20. The Morgan fingerprint density at radius 3 is 2.42 bits per heavy atom. The summed E-state index contributed by atoms with van der Waals surface area (Å²) >= 11 is 6.22. The third kappa shape index (κ3) is 6.34. The third-order valence-corrected chi connectivity index (χ3v) is 6.85. The predicted octanol–water partition coefficient (Wildman–Crippen LogP) is 4.39. The lowest BCUT2D eigenvalue weighted by Gasteiger charge is -2.24. The van der Waals surface area contributed by atoms with E-state index in [0.717, 1.165) is 21.2 Å². The lowest BCUT2D eigenvalue weighted by molar-refractivity contribution is -0.119. The first-order chi connectivity index (χ1) is 15.8. The molecule has 1 amide bonds. The Bertz CT molecular complexity index is 1230. The quantitative estimate of drug-likeness (QED) is 0.359. The molecule has 0 bridgehead atoms. The number of sulfonamides is 1. The molecule has 0 aromatic heterocycles. The number of ether oxygens (including phenoxy) is 1. The van der Waals surface area contributed by atoms with E-state index in [1.54, 1.807) is 54.6 Å². The van der Waals surface area contributed by atoms with Crippen LogP contribution in [0.4, 0.5) is 5.69 Å². The Kier molecular flexibility index (Phi) is 8.08. The molecule has 0 fully saturated rings. The van der Waals surface area contributed by atoms with Crippen molar-refractivity contribution < 1.29 is 17.9 Å². The van der Waals surface area contributed by atoms with Crippen LogP contribution in [-0.4, -0.2) is 33.7 Å². The second-order valence-electron chi connectivity index (χ2n) is 7.05. The van der Waals surface area contributed by atoms with E-state index in [1.807, 2.05) is 13.8 Å². The average molecular weight is 486 g/mol. The Morgan fingerprint density at radius 2 is 1.79 bits per heavy atom. The smallest absolute Gasteiger partial charge is 0.264 e. The van der Waals surface area contributed by atoms with Gasteiger partial charge in [-0.15, -0.1) is 0 Å². The molecule has 7 nitrogen and oxygen atoms in total. The highest BCUT2D eigenvalue weighted by atomic mass is 35.5. The largest absolute Gasteiger partial charge is 0.494 e. The van der Waals surface area contributed by atoms with E-state index in [2.05, 4.69) is 10.5 Å². The molecule has 3 aromatic rings. The Hall–Kier alpha value is -3.36. The molecule has 0 spiro atoms. The highest BCUT2D eigenvalue weighted by Gasteiger charge is 2.27. The molecule has 3 rings (SSSR count). The van der Waals surface area contributed by atoms with Crippen molar-refractivity contribution in [2.45, 2.75) is 18.7 Å². The van der Waals surface area contributed by atoms with Gasteiger partial charge in [0, 0.05) is 5.02 Å². The SMILES string of the molecule is CCOc1ccc(C=NNC(=O)CN(c2ccc(C)c(Cl)c2)S(=O)(=O)c2ccccc2)cc1. The fraction of sp³-hybridized carbons (Fsp3) is 0.167. The summed E-state index contributed by atoms with van der Waals surface area (Å²) in [7, 11) is -4.02. The van der Waals surface area contributed by atoms with E-state index in [1.165, 1.54) is 24.4 Å². The van der Waals surface area contributed by atoms with Gasteiger partial charge in [0.05, 0.1) is 23.4 Å². The van der Waals surface area contributed by atoms with E-state index in [9.17, 15) is 13.2 Å². The molecule has 0 aliphatic carbocycles. The Labute approximate surface area is 198 Å². The number of aryl methyl sites for hydroxylation is 1. The zero-order chi connectivity index (χ0) is 23.8. The van der Waals surface area contributed by atoms with Crippen molar-refractivity contribution in [3.8, 4) is 5.75 Å². The zero-order valence-electron chi connectivity index (χ0n) is 18.2. The first kappa shape index (κ1) is 24.3. The number of hydrogen-bond donors (Lipinski definition) is 1. The van der Waals surface area contributed by atoms with Crippen LogP contribution in [0.5, 0.6) is 5.75 Å². The van der Waals surface area contributed by atoms with Gasteiger partial charge < -0.3 is 4.74 Å². The molecular formula is C24H24ClN3O4S. The van der Waals surface area contributed by atoms with Crippen molar-refractivity contribution in [3.63, 3.8) is 0 Å². The van der Waals surface area contributed by atoms with Crippen molar-refractivity contribution in [2.24, 2.45) is 5.10 Å². The van der Waals surface area contributed by atoms with Gasteiger partial charge in [-0.25, -0.2) is 13.8 Å². The molecule has 0 radical (unpaired) electrons. The van der Waals surface area contributed by atoms with Gasteiger partial charge in [0.1, 0.15) is 12.3 Å². The van der Waals surface area contributed by atoms with Crippen LogP contribution in [0.2, 0.25) is 5.02 Å². The molecule has 1 N–H and O–H groups in total. The number of halogens is 1. The molecule has 3 aromatic carbocycles. The van der Waals surface area contributed by atoms with Crippen molar-refractivity contribution in [1.82, 2.24) is 5.43 Å². The van der Waals surface area contributed by atoms with Gasteiger partial charge in [-0.1, -0.05) is 35.9 Å². The Balaban J connectivity index is 1.79. The van der Waals surface area contributed by atoms with Gasteiger partial charge in [-0.2, -0.15) is 5.10 Å². The summed E-state index contributed by atoms with van der Waals surface area (Å²) in [4.78, 5) is 12.7. The molecule has 0 aliphatic rings. The summed E-state index contributed by atoms with van der Waals surface area (Å²) in [6.45, 7) is 3.80. The topological polar surface area (TPSA) is 88.1 Å². The van der Waals surface area contributed by atoms with Crippen LogP contribution in [0.15, 0.2) is 82.8 Å². The minimum absolute atomic E-state index is 0.0624. The molecule has 0 atom stereocenters. The highest BCUT2D eigenvalue weighted by molar-refractivity contribution is 7.92. The number of rotatable bonds is 9.